The Labute approximate surface area is 180 Å². The van der Waals surface area contributed by atoms with Crippen LogP contribution in [0.25, 0.3) is 0 Å². The molecule has 0 bridgehead atoms. The number of carbonyl (C=O) groups is 1. The molecule has 1 aliphatic heterocycles. The van der Waals surface area contributed by atoms with Crippen molar-refractivity contribution in [3.63, 3.8) is 0 Å². The second-order valence-electron chi connectivity index (χ2n) is 6.02. The van der Waals surface area contributed by atoms with Crippen LogP contribution in [0.15, 0.2) is 4.99 Å². The smallest absolute Gasteiger partial charge is 0.409 e. The van der Waals surface area contributed by atoms with Crippen LogP contribution in [0.4, 0.5) is 4.79 Å². The molecule has 0 aromatic heterocycles. The van der Waals surface area contributed by atoms with Gasteiger partial charge in [0.05, 0.1) is 12.9 Å². The van der Waals surface area contributed by atoms with Gasteiger partial charge in [0.2, 0.25) is 10.0 Å². The summed E-state index contributed by atoms with van der Waals surface area (Å²) in [5.41, 5.74) is 0. The van der Waals surface area contributed by atoms with Gasteiger partial charge in [-0.15, -0.1) is 24.0 Å². The number of halogens is 1. The van der Waals surface area contributed by atoms with Crippen LogP contribution >= 0.6 is 24.0 Å². The average Bonchev–Trinajstić information content (AvgIpc) is 2.60. The molecule has 0 aliphatic carbocycles. The van der Waals surface area contributed by atoms with E-state index in [1.54, 1.807) is 11.8 Å². The molecule has 0 radical (unpaired) electrons. The summed E-state index contributed by atoms with van der Waals surface area (Å²) < 4.78 is 29.7. The van der Waals surface area contributed by atoms with Crippen LogP contribution in [0.3, 0.4) is 0 Å². The lowest BCUT2D eigenvalue weighted by atomic mass is 10.3. The van der Waals surface area contributed by atoms with Crippen molar-refractivity contribution in [3.05, 3.63) is 0 Å². The van der Waals surface area contributed by atoms with E-state index >= 15 is 0 Å². The molecular formula is C16H34IN5O4S. The maximum Gasteiger partial charge on any atom is 0.409 e. The van der Waals surface area contributed by atoms with E-state index in [0.717, 1.165) is 12.5 Å². The lowest BCUT2D eigenvalue weighted by Gasteiger charge is -2.35. The predicted octanol–water partition coefficient (Wildman–Crippen LogP) is 1.02. The molecule has 0 aromatic rings. The number of aliphatic imine (C=N–C) groups is 1. The van der Waals surface area contributed by atoms with Crippen molar-refractivity contribution in [2.24, 2.45) is 4.99 Å². The van der Waals surface area contributed by atoms with E-state index in [9.17, 15) is 13.2 Å². The molecule has 0 saturated carbocycles. The van der Waals surface area contributed by atoms with Crippen molar-refractivity contribution >= 4 is 46.1 Å². The monoisotopic (exact) mass is 519 g/mol. The van der Waals surface area contributed by atoms with Gasteiger partial charge in [0, 0.05) is 52.4 Å². The van der Waals surface area contributed by atoms with Crippen LogP contribution in [-0.2, 0) is 14.8 Å². The molecule has 27 heavy (non-hydrogen) atoms. The molecule has 0 spiro atoms. The summed E-state index contributed by atoms with van der Waals surface area (Å²) in [6.45, 7) is 10.8. The fraction of sp³-hybridized carbons (Fsp3) is 0.875. The van der Waals surface area contributed by atoms with E-state index in [-0.39, 0.29) is 30.1 Å². The SMILES string of the molecule is CCNC(=NCCCN(CC)S(C)(=O)=O)N1CCN(C(=O)OCC)CC1.I. The fourth-order valence-corrected chi connectivity index (χ4v) is 3.66. The molecule has 11 heteroatoms. The normalized spacial score (nSPS) is 15.5. The third-order valence-corrected chi connectivity index (χ3v) is 5.47. The second-order valence-corrected chi connectivity index (χ2v) is 8.00. The number of guanidine groups is 1. The highest BCUT2D eigenvalue weighted by Gasteiger charge is 2.23. The Morgan fingerprint density at radius 1 is 1.15 bits per heavy atom. The van der Waals surface area contributed by atoms with Crippen LogP contribution in [0, 0.1) is 0 Å². The highest BCUT2D eigenvalue weighted by atomic mass is 127. The molecule has 1 fully saturated rings. The van der Waals surface area contributed by atoms with Crippen LogP contribution in [0.2, 0.25) is 0 Å². The van der Waals surface area contributed by atoms with Crippen molar-refractivity contribution in [3.8, 4) is 0 Å². The van der Waals surface area contributed by atoms with E-state index in [2.05, 4.69) is 15.2 Å². The highest BCUT2D eigenvalue weighted by molar-refractivity contribution is 14.0. The Balaban J connectivity index is 0.00000676. The zero-order chi connectivity index (χ0) is 19.6. The van der Waals surface area contributed by atoms with Gasteiger partial charge in [-0.2, -0.15) is 0 Å². The fourth-order valence-electron chi connectivity index (χ4n) is 2.73. The van der Waals surface area contributed by atoms with E-state index in [0.29, 0.717) is 58.8 Å². The molecule has 1 saturated heterocycles. The molecule has 1 aliphatic rings. The molecule has 0 unspecified atom stereocenters. The molecule has 160 valence electrons. The Hall–Kier alpha value is -0.820. The zero-order valence-corrected chi connectivity index (χ0v) is 20.0. The van der Waals surface area contributed by atoms with Crippen molar-refractivity contribution < 1.29 is 17.9 Å². The standard InChI is InChI=1S/C16H33N5O4S.HI/c1-5-17-15(18-9-8-10-21(6-2)26(4,23)24)19-11-13-20(14-12-19)16(22)25-7-3;/h5-14H2,1-4H3,(H,17,18);1H. The molecule has 0 atom stereocenters. The summed E-state index contributed by atoms with van der Waals surface area (Å²) in [6, 6.07) is 0. The number of sulfonamides is 1. The number of carbonyl (C=O) groups excluding carboxylic acids is 1. The third kappa shape index (κ3) is 9.28. The number of piperazine rings is 1. The lowest BCUT2D eigenvalue weighted by Crippen LogP contribution is -2.54. The van der Waals surface area contributed by atoms with E-state index in [1.807, 2.05) is 13.8 Å². The van der Waals surface area contributed by atoms with Crippen LogP contribution < -0.4 is 5.32 Å². The summed E-state index contributed by atoms with van der Waals surface area (Å²) in [7, 11) is -3.16. The molecule has 1 N–H and O–H groups in total. The van der Waals surface area contributed by atoms with Crippen molar-refractivity contribution in [2.45, 2.75) is 27.2 Å². The van der Waals surface area contributed by atoms with Gasteiger partial charge in [0.1, 0.15) is 0 Å². The number of hydrogen-bond acceptors (Lipinski definition) is 5. The van der Waals surface area contributed by atoms with Gasteiger partial charge >= 0.3 is 6.09 Å². The zero-order valence-electron chi connectivity index (χ0n) is 16.8. The first-order valence-electron chi connectivity index (χ1n) is 9.23. The van der Waals surface area contributed by atoms with Gasteiger partial charge in [-0.25, -0.2) is 17.5 Å². The van der Waals surface area contributed by atoms with E-state index in [1.165, 1.54) is 10.6 Å². The molecular weight excluding hydrogens is 485 g/mol. The Bertz CT molecular complexity index is 565. The first-order valence-corrected chi connectivity index (χ1v) is 11.1. The van der Waals surface area contributed by atoms with Gasteiger partial charge in [-0.1, -0.05) is 6.92 Å². The van der Waals surface area contributed by atoms with E-state index in [4.69, 9.17) is 4.74 Å². The largest absolute Gasteiger partial charge is 0.450 e. The minimum atomic E-state index is -3.16. The Morgan fingerprint density at radius 2 is 1.74 bits per heavy atom. The summed E-state index contributed by atoms with van der Waals surface area (Å²) >= 11 is 0. The molecule has 0 aromatic carbocycles. The average molecular weight is 519 g/mol. The minimum absolute atomic E-state index is 0. The molecule has 1 heterocycles. The molecule has 1 amide bonds. The molecule has 9 nitrogen and oxygen atoms in total. The van der Waals surface area contributed by atoms with Crippen LogP contribution in [-0.4, -0.2) is 99.8 Å². The van der Waals surface area contributed by atoms with Crippen LogP contribution in [0.1, 0.15) is 27.2 Å². The lowest BCUT2D eigenvalue weighted by molar-refractivity contribution is 0.0914. The first kappa shape index (κ1) is 26.2. The second kappa shape index (κ2) is 13.4. The quantitative estimate of drug-likeness (QED) is 0.223. The maximum absolute atomic E-state index is 11.8. The Kier molecular flexibility index (Phi) is 13.0. The highest BCUT2D eigenvalue weighted by Crippen LogP contribution is 2.05. The Morgan fingerprint density at radius 3 is 2.22 bits per heavy atom. The number of amides is 1. The third-order valence-electron chi connectivity index (χ3n) is 4.09. The summed E-state index contributed by atoms with van der Waals surface area (Å²) in [4.78, 5) is 20.2. The van der Waals surface area contributed by atoms with Gasteiger partial charge in [0.15, 0.2) is 5.96 Å². The van der Waals surface area contributed by atoms with Gasteiger partial charge in [0.25, 0.3) is 0 Å². The number of nitrogens with one attached hydrogen (secondary N) is 1. The topological polar surface area (TPSA) is 94.5 Å². The number of nitrogens with zero attached hydrogens (tertiary/aromatic N) is 4. The number of rotatable bonds is 8. The first-order chi connectivity index (χ1) is 12.3. The van der Waals surface area contributed by atoms with E-state index < -0.39 is 10.0 Å². The van der Waals surface area contributed by atoms with Gasteiger partial charge in [-0.05, 0) is 20.3 Å². The summed E-state index contributed by atoms with van der Waals surface area (Å²) in [5, 5.41) is 3.26. The van der Waals surface area contributed by atoms with Crippen molar-refractivity contribution in [1.29, 1.82) is 0 Å². The maximum atomic E-state index is 11.8. The van der Waals surface area contributed by atoms with Gasteiger partial charge in [-0.3, -0.25) is 4.99 Å². The number of ether oxygens (including phenoxy) is 1. The van der Waals surface area contributed by atoms with Crippen molar-refractivity contribution in [2.75, 3.05) is 65.2 Å². The minimum Gasteiger partial charge on any atom is -0.450 e. The van der Waals surface area contributed by atoms with Crippen LogP contribution in [0.5, 0.6) is 0 Å². The summed E-state index contributed by atoms with van der Waals surface area (Å²) in [5.74, 6) is 0.804. The summed E-state index contributed by atoms with van der Waals surface area (Å²) in [6.07, 6.45) is 1.63. The van der Waals surface area contributed by atoms with Gasteiger partial charge < -0.3 is 19.9 Å². The van der Waals surface area contributed by atoms with Crippen molar-refractivity contribution in [1.82, 2.24) is 19.4 Å². The molecule has 1 rings (SSSR count). The predicted molar refractivity (Wildman–Crippen MR) is 118 cm³/mol. The number of hydrogen-bond donors (Lipinski definition) is 1.